The SMILES string of the molecule is COc1cc(NC(=O)CN2CCCC2=O)cc(OC)c1OC. The van der Waals surface area contributed by atoms with E-state index in [1.807, 2.05) is 0 Å². The Balaban J connectivity index is 2.11. The van der Waals surface area contributed by atoms with Crippen LogP contribution >= 0.6 is 0 Å². The van der Waals surface area contributed by atoms with Crippen LogP contribution < -0.4 is 19.5 Å². The zero-order valence-electron chi connectivity index (χ0n) is 13.0. The van der Waals surface area contributed by atoms with Crippen LogP contribution in [0.3, 0.4) is 0 Å². The highest BCUT2D eigenvalue weighted by atomic mass is 16.5. The van der Waals surface area contributed by atoms with Gasteiger partial charge in [-0.15, -0.1) is 0 Å². The lowest BCUT2D eigenvalue weighted by Gasteiger charge is -2.17. The van der Waals surface area contributed by atoms with Crippen molar-refractivity contribution < 1.29 is 23.8 Å². The topological polar surface area (TPSA) is 77.1 Å². The van der Waals surface area contributed by atoms with Gasteiger partial charge < -0.3 is 24.4 Å². The molecule has 0 atom stereocenters. The number of hydrogen-bond acceptors (Lipinski definition) is 5. The van der Waals surface area contributed by atoms with E-state index >= 15 is 0 Å². The standard InChI is InChI=1S/C15H20N2O5/c1-20-11-7-10(8-12(21-2)15(11)22-3)16-13(18)9-17-6-4-5-14(17)19/h7-8H,4-6,9H2,1-3H3,(H,16,18). The lowest BCUT2D eigenvalue weighted by molar-refractivity contribution is -0.131. The van der Waals surface area contributed by atoms with Gasteiger partial charge in [0.1, 0.15) is 0 Å². The number of ether oxygens (including phenoxy) is 3. The summed E-state index contributed by atoms with van der Waals surface area (Å²) in [5, 5.41) is 2.74. The number of nitrogens with one attached hydrogen (secondary N) is 1. The number of hydrogen-bond donors (Lipinski definition) is 1. The molecule has 0 saturated carbocycles. The molecule has 0 aliphatic carbocycles. The maximum atomic E-state index is 12.0. The quantitative estimate of drug-likeness (QED) is 0.856. The second-order valence-electron chi connectivity index (χ2n) is 4.88. The van der Waals surface area contributed by atoms with Crippen molar-refractivity contribution in [3.05, 3.63) is 12.1 Å². The number of carbonyl (C=O) groups excluding carboxylic acids is 2. The highest BCUT2D eigenvalue weighted by molar-refractivity contribution is 5.95. The van der Waals surface area contributed by atoms with E-state index < -0.39 is 0 Å². The summed E-state index contributed by atoms with van der Waals surface area (Å²) in [5.74, 6) is 1.12. The third-order valence-electron chi connectivity index (χ3n) is 3.45. The summed E-state index contributed by atoms with van der Waals surface area (Å²) < 4.78 is 15.7. The first-order chi connectivity index (χ1) is 10.6. The summed E-state index contributed by atoms with van der Waals surface area (Å²) in [4.78, 5) is 25.1. The molecule has 7 nitrogen and oxygen atoms in total. The predicted octanol–water partition coefficient (Wildman–Crippen LogP) is 1.27. The Bertz CT molecular complexity index is 548. The van der Waals surface area contributed by atoms with Crippen molar-refractivity contribution in [3.63, 3.8) is 0 Å². The summed E-state index contributed by atoms with van der Waals surface area (Å²) in [5.41, 5.74) is 0.520. The van der Waals surface area contributed by atoms with Crippen LogP contribution in [0.2, 0.25) is 0 Å². The number of rotatable bonds is 6. The Labute approximate surface area is 129 Å². The van der Waals surface area contributed by atoms with Crippen molar-refractivity contribution in [2.45, 2.75) is 12.8 Å². The van der Waals surface area contributed by atoms with E-state index in [-0.39, 0.29) is 18.4 Å². The van der Waals surface area contributed by atoms with Crippen molar-refractivity contribution in [1.29, 1.82) is 0 Å². The van der Waals surface area contributed by atoms with Gasteiger partial charge in [-0.05, 0) is 6.42 Å². The fourth-order valence-electron chi connectivity index (χ4n) is 2.40. The molecule has 1 fully saturated rings. The molecule has 1 aliphatic heterocycles. The third kappa shape index (κ3) is 3.41. The highest BCUT2D eigenvalue weighted by Gasteiger charge is 2.22. The Morgan fingerprint density at radius 1 is 1.18 bits per heavy atom. The third-order valence-corrected chi connectivity index (χ3v) is 3.45. The highest BCUT2D eigenvalue weighted by Crippen LogP contribution is 2.39. The van der Waals surface area contributed by atoms with Gasteiger partial charge in [0.25, 0.3) is 0 Å². The van der Waals surface area contributed by atoms with Gasteiger partial charge in [0.05, 0.1) is 27.9 Å². The lowest BCUT2D eigenvalue weighted by Crippen LogP contribution is -2.33. The molecule has 0 aromatic heterocycles. The summed E-state index contributed by atoms with van der Waals surface area (Å²) in [6.07, 6.45) is 1.31. The van der Waals surface area contributed by atoms with E-state index in [1.54, 1.807) is 17.0 Å². The number of nitrogens with zero attached hydrogens (tertiary/aromatic N) is 1. The van der Waals surface area contributed by atoms with Crippen LogP contribution in [-0.2, 0) is 9.59 Å². The van der Waals surface area contributed by atoms with Gasteiger partial charge >= 0.3 is 0 Å². The largest absolute Gasteiger partial charge is 0.493 e. The summed E-state index contributed by atoms with van der Waals surface area (Å²) >= 11 is 0. The Morgan fingerprint density at radius 3 is 2.27 bits per heavy atom. The van der Waals surface area contributed by atoms with Crippen molar-refractivity contribution in [3.8, 4) is 17.2 Å². The van der Waals surface area contributed by atoms with E-state index in [0.29, 0.717) is 35.9 Å². The van der Waals surface area contributed by atoms with E-state index in [1.165, 1.54) is 21.3 Å². The Kier molecular flexibility index (Phi) is 5.08. The molecule has 0 radical (unpaired) electrons. The maximum absolute atomic E-state index is 12.0. The molecule has 1 aromatic carbocycles. The van der Waals surface area contributed by atoms with Gasteiger partial charge in [-0.3, -0.25) is 9.59 Å². The molecule has 1 aromatic rings. The minimum Gasteiger partial charge on any atom is -0.493 e. The van der Waals surface area contributed by atoms with Crippen LogP contribution in [-0.4, -0.2) is 51.1 Å². The zero-order chi connectivity index (χ0) is 16.1. The number of benzene rings is 1. The van der Waals surface area contributed by atoms with Gasteiger partial charge in [0.2, 0.25) is 17.6 Å². The van der Waals surface area contributed by atoms with Crippen LogP contribution in [0.1, 0.15) is 12.8 Å². The summed E-state index contributed by atoms with van der Waals surface area (Å²) in [6.45, 7) is 0.678. The first kappa shape index (κ1) is 15.9. The monoisotopic (exact) mass is 308 g/mol. The van der Waals surface area contributed by atoms with Crippen LogP contribution in [0.25, 0.3) is 0 Å². The average Bonchev–Trinajstić information content (AvgIpc) is 2.91. The molecule has 1 saturated heterocycles. The van der Waals surface area contributed by atoms with Crippen molar-refractivity contribution in [2.24, 2.45) is 0 Å². The van der Waals surface area contributed by atoms with Gasteiger partial charge in [-0.2, -0.15) is 0 Å². The Hall–Kier alpha value is -2.44. The second kappa shape index (κ2) is 7.02. The molecule has 1 aliphatic rings. The van der Waals surface area contributed by atoms with Gasteiger partial charge in [-0.25, -0.2) is 0 Å². The zero-order valence-corrected chi connectivity index (χ0v) is 13.0. The molecule has 7 heteroatoms. The minimum atomic E-state index is -0.260. The van der Waals surface area contributed by atoms with Crippen LogP contribution in [0, 0.1) is 0 Å². The van der Waals surface area contributed by atoms with Crippen LogP contribution in [0.4, 0.5) is 5.69 Å². The number of likely N-dealkylation sites (tertiary alicyclic amines) is 1. The van der Waals surface area contributed by atoms with E-state index in [4.69, 9.17) is 14.2 Å². The number of anilines is 1. The molecule has 0 bridgehead atoms. The summed E-state index contributed by atoms with van der Waals surface area (Å²) in [6, 6.07) is 3.29. The van der Waals surface area contributed by atoms with Crippen molar-refractivity contribution in [1.82, 2.24) is 4.90 Å². The molecule has 22 heavy (non-hydrogen) atoms. The summed E-state index contributed by atoms with van der Waals surface area (Å²) in [7, 11) is 4.52. The van der Waals surface area contributed by atoms with Gasteiger partial charge in [0, 0.05) is 30.8 Å². The molecule has 1 heterocycles. The fraction of sp³-hybridized carbons (Fsp3) is 0.467. The molecule has 120 valence electrons. The minimum absolute atomic E-state index is 0.0139. The molecule has 0 spiro atoms. The van der Waals surface area contributed by atoms with Crippen LogP contribution in [0.15, 0.2) is 12.1 Å². The van der Waals surface area contributed by atoms with E-state index in [2.05, 4.69) is 5.32 Å². The molecule has 1 N–H and O–H groups in total. The molecule has 2 rings (SSSR count). The molecular weight excluding hydrogens is 288 g/mol. The van der Waals surface area contributed by atoms with E-state index in [9.17, 15) is 9.59 Å². The Morgan fingerprint density at radius 2 is 1.82 bits per heavy atom. The second-order valence-corrected chi connectivity index (χ2v) is 4.88. The first-order valence-corrected chi connectivity index (χ1v) is 6.96. The predicted molar refractivity (Wildman–Crippen MR) is 80.5 cm³/mol. The first-order valence-electron chi connectivity index (χ1n) is 6.96. The molecule has 2 amide bonds. The lowest BCUT2D eigenvalue weighted by atomic mass is 10.2. The van der Waals surface area contributed by atoms with Crippen molar-refractivity contribution in [2.75, 3.05) is 39.7 Å². The maximum Gasteiger partial charge on any atom is 0.244 e. The number of carbonyl (C=O) groups is 2. The van der Waals surface area contributed by atoms with Crippen LogP contribution in [0.5, 0.6) is 17.2 Å². The number of amides is 2. The smallest absolute Gasteiger partial charge is 0.244 e. The van der Waals surface area contributed by atoms with Gasteiger partial charge in [-0.1, -0.05) is 0 Å². The van der Waals surface area contributed by atoms with Crippen molar-refractivity contribution >= 4 is 17.5 Å². The molecular formula is C15H20N2O5. The normalized spacial score (nSPS) is 14.0. The van der Waals surface area contributed by atoms with E-state index in [0.717, 1.165) is 6.42 Å². The fourth-order valence-corrected chi connectivity index (χ4v) is 2.40. The molecule has 0 unspecified atom stereocenters. The average molecular weight is 308 g/mol. The number of methoxy groups -OCH3 is 3. The van der Waals surface area contributed by atoms with Gasteiger partial charge in [0.15, 0.2) is 11.5 Å².